The summed E-state index contributed by atoms with van der Waals surface area (Å²) >= 11 is 0. The first kappa shape index (κ1) is 10.1. The van der Waals surface area contributed by atoms with Crippen molar-refractivity contribution in [2.24, 2.45) is 0 Å². The van der Waals surface area contributed by atoms with Crippen molar-refractivity contribution >= 4 is 23.8 Å². The minimum absolute atomic E-state index is 0.152. The van der Waals surface area contributed by atoms with Crippen LogP contribution in [0.25, 0.3) is 0 Å². The molecule has 0 unspecified atom stereocenters. The van der Waals surface area contributed by atoms with E-state index in [4.69, 9.17) is 11.5 Å². The normalized spacial score (nSPS) is 11.6. The first-order chi connectivity index (χ1) is 5.82. The van der Waals surface area contributed by atoms with E-state index in [1.165, 1.54) is 19.4 Å². The molecular weight excluding hydrogens is 190 g/mol. The molecule has 1 aromatic rings. The van der Waals surface area contributed by atoms with Crippen LogP contribution in [0.2, 0.25) is 0 Å². The zero-order chi connectivity index (χ0) is 10.2. The summed E-state index contributed by atoms with van der Waals surface area (Å²) in [6.07, 6.45) is 0. The van der Waals surface area contributed by atoms with E-state index in [9.17, 15) is 8.96 Å². The molecule has 0 saturated heterocycles. The van der Waals surface area contributed by atoms with Gasteiger partial charge in [-0.2, -0.15) is 0 Å². The van der Waals surface area contributed by atoms with Gasteiger partial charge in [-0.05, 0) is 25.5 Å². The molecule has 0 amide bonds. The van der Waals surface area contributed by atoms with Crippen LogP contribution >= 0.6 is 7.14 Å². The molecule has 0 bridgehead atoms. The molecule has 1 aromatic carbocycles. The van der Waals surface area contributed by atoms with Crippen LogP contribution < -0.4 is 16.8 Å². The Kier molecular flexibility index (Phi) is 2.35. The van der Waals surface area contributed by atoms with Gasteiger partial charge in [0.25, 0.3) is 0 Å². The average Bonchev–Trinajstić information content (AvgIpc) is 1.94. The molecule has 0 radical (unpaired) electrons. The van der Waals surface area contributed by atoms with Crippen molar-refractivity contribution in [2.75, 3.05) is 24.8 Å². The van der Waals surface area contributed by atoms with E-state index in [1.54, 1.807) is 0 Å². The highest BCUT2D eigenvalue weighted by atomic mass is 31.2. The van der Waals surface area contributed by atoms with Gasteiger partial charge in [0.2, 0.25) is 0 Å². The van der Waals surface area contributed by atoms with Gasteiger partial charge in [-0.1, -0.05) is 0 Å². The summed E-state index contributed by atoms with van der Waals surface area (Å²) in [5.74, 6) is -0.556. The maximum Gasteiger partial charge on any atom is 0.136 e. The summed E-state index contributed by atoms with van der Waals surface area (Å²) in [4.78, 5) is 0. The summed E-state index contributed by atoms with van der Waals surface area (Å²) in [7, 11) is -2.61. The molecule has 1 rings (SSSR count). The van der Waals surface area contributed by atoms with Crippen LogP contribution in [0.4, 0.5) is 15.8 Å². The van der Waals surface area contributed by atoms with Gasteiger partial charge in [0.05, 0.1) is 11.4 Å². The standard InChI is InChI=1S/C8H12FN2OP/c1-13(2,12)8-4-7(11)6(10)3-5(8)9/h3-4H,10-11H2,1-2H3. The minimum atomic E-state index is -2.61. The Hall–Kier alpha value is -1.02. The highest BCUT2D eigenvalue weighted by Crippen LogP contribution is 2.37. The zero-order valence-corrected chi connectivity index (χ0v) is 8.44. The lowest BCUT2D eigenvalue weighted by molar-refractivity contribution is 0.585. The Labute approximate surface area is 76.3 Å². The predicted molar refractivity (Wildman–Crippen MR) is 54.3 cm³/mol. The topological polar surface area (TPSA) is 69.1 Å². The van der Waals surface area contributed by atoms with Crippen molar-refractivity contribution < 1.29 is 8.96 Å². The van der Waals surface area contributed by atoms with E-state index in [1.807, 2.05) is 0 Å². The van der Waals surface area contributed by atoms with E-state index >= 15 is 0 Å². The fourth-order valence-electron chi connectivity index (χ4n) is 1.01. The molecule has 0 aliphatic carbocycles. The molecule has 0 atom stereocenters. The lowest BCUT2D eigenvalue weighted by Crippen LogP contribution is -2.11. The largest absolute Gasteiger partial charge is 0.397 e. The molecule has 0 fully saturated rings. The first-order valence-corrected chi connectivity index (χ1v) is 6.32. The molecule has 0 saturated carbocycles. The maximum absolute atomic E-state index is 13.2. The van der Waals surface area contributed by atoms with Crippen molar-refractivity contribution in [3.63, 3.8) is 0 Å². The Morgan fingerprint density at radius 3 is 2.15 bits per heavy atom. The maximum atomic E-state index is 13.2. The van der Waals surface area contributed by atoms with Gasteiger partial charge in [-0.3, -0.25) is 0 Å². The third-order valence-electron chi connectivity index (χ3n) is 1.73. The van der Waals surface area contributed by atoms with Crippen LogP contribution in [-0.4, -0.2) is 13.3 Å². The number of nitrogens with two attached hydrogens (primary N) is 2. The third kappa shape index (κ3) is 2.01. The summed E-state index contributed by atoms with van der Waals surface area (Å²) in [6.45, 7) is 2.97. The number of rotatable bonds is 1. The van der Waals surface area contributed by atoms with E-state index in [0.29, 0.717) is 0 Å². The summed E-state index contributed by atoms with van der Waals surface area (Å²) in [5.41, 5.74) is 11.3. The second-order valence-corrected chi connectivity index (χ2v) is 6.47. The smallest absolute Gasteiger partial charge is 0.136 e. The van der Waals surface area contributed by atoms with Crippen LogP contribution in [-0.2, 0) is 4.57 Å². The van der Waals surface area contributed by atoms with Crippen LogP contribution in [0.3, 0.4) is 0 Å². The lowest BCUT2D eigenvalue weighted by atomic mass is 10.3. The zero-order valence-electron chi connectivity index (χ0n) is 7.54. The highest BCUT2D eigenvalue weighted by molar-refractivity contribution is 7.70. The van der Waals surface area contributed by atoms with Gasteiger partial charge in [0.1, 0.15) is 13.0 Å². The van der Waals surface area contributed by atoms with Gasteiger partial charge in [0, 0.05) is 5.30 Å². The number of nitrogen functional groups attached to an aromatic ring is 2. The molecule has 4 N–H and O–H groups in total. The highest BCUT2D eigenvalue weighted by Gasteiger charge is 2.17. The number of hydrogen-bond acceptors (Lipinski definition) is 3. The van der Waals surface area contributed by atoms with Crippen LogP contribution in [0.5, 0.6) is 0 Å². The molecule has 0 aliphatic heterocycles. The van der Waals surface area contributed by atoms with Gasteiger partial charge in [-0.15, -0.1) is 0 Å². The molecule has 0 aliphatic rings. The monoisotopic (exact) mass is 202 g/mol. The first-order valence-electron chi connectivity index (χ1n) is 3.72. The van der Waals surface area contributed by atoms with Crippen LogP contribution in [0.1, 0.15) is 0 Å². The molecular formula is C8H12FN2OP. The Morgan fingerprint density at radius 1 is 1.23 bits per heavy atom. The van der Waals surface area contributed by atoms with Crippen molar-refractivity contribution in [3.8, 4) is 0 Å². The lowest BCUT2D eigenvalue weighted by Gasteiger charge is -2.10. The summed E-state index contributed by atoms with van der Waals surface area (Å²) in [6, 6.07) is 2.44. The molecule has 3 nitrogen and oxygen atoms in total. The number of anilines is 2. The quantitative estimate of drug-likeness (QED) is 0.531. The summed E-state index contributed by atoms with van der Waals surface area (Å²) in [5, 5.41) is 0.152. The van der Waals surface area contributed by atoms with Crippen molar-refractivity contribution in [1.82, 2.24) is 0 Å². The molecule has 13 heavy (non-hydrogen) atoms. The van der Waals surface area contributed by atoms with Gasteiger partial charge < -0.3 is 16.0 Å². The van der Waals surface area contributed by atoms with E-state index < -0.39 is 13.0 Å². The SMILES string of the molecule is CP(C)(=O)c1cc(N)c(N)cc1F. The van der Waals surface area contributed by atoms with Crippen molar-refractivity contribution in [2.45, 2.75) is 0 Å². The Balaban J connectivity index is 3.41. The van der Waals surface area contributed by atoms with E-state index in [-0.39, 0.29) is 16.7 Å². The van der Waals surface area contributed by atoms with Gasteiger partial charge in [-0.25, -0.2) is 4.39 Å². The number of halogens is 1. The van der Waals surface area contributed by atoms with Crippen molar-refractivity contribution in [1.29, 1.82) is 0 Å². The fraction of sp³-hybridized carbons (Fsp3) is 0.250. The number of hydrogen-bond donors (Lipinski definition) is 2. The molecule has 5 heteroatoms. The third-order valence-corrected chi connectivity index (χ3v) is 3.24. The Morgan fingerprint density at radius 2 is 1.69 bits per heavy atom. The molecule has 0 spiro atoms. The predicted octanol–water partition coefficient (Wildman–Crippen LogP) is 1.24. The van der Waals surface area contributed by atoms with Crippen LogP contribution in [0, 0.1) is 5.82 Å². The van der Waals surface area contributed by atoms with E-state index in [0.717, 1.165) is 6.07 Å². The second-order valence-electron chi connectivity index (χ2n) is 3.28. The summed E-state index contributed by atoms with van der Waals surface area (Å²) < 4.78 is 24.8. The molecule has 0 heterocycles. The fourth-order valence-corrected chi connectivity index (χ4v) is 2.04. The van der Waals surface area contributed by atoms with E-state index in [2.05, 4.69) is 0 Å². The average molecular weight is 202 g/mol. The Bertz CT molecular complexity index is 386. The number of benzene rings is 1. The minimum Gasteiger partial charge on any atom is -0.397 e. The van der Waals surface area contributed by atoms with Gasteiger partial charge in [0.15, 0.2) is 0 Å². The second kappa shape index (κ2) is 3.04. The van der Waals surface area contributed by atoms with Gasteiger partial charge >= 0.3 is 0 Å². The van der Waals surface area contributed by atoms with Crippen molar-refractivity contribution in [3.05, 3.63) is 17.9 Å². The molecule has 0 aromatic heterocycles. The molecule has 72 valence electrons. The van der Waals surface area contributed by atoms with Crippen LogP contribution in [0.15, 0.2) is 12.1 Å².